The summed E-state index contributed by atoms with van der Waals surface area (Å²) in [5.41, 5.74) is 1.06. The van der Waals surface area contributed by atoms with Crippen molar-refractivity contribution in [3.05, 3.63) is 59.4 Å². The summed E-state index contributed by atoms with van der Waals surface area (Å²) in [6.45, 7) is 1.04. The van der Waals surface area contributed by atoms with Crippen molar-refractivity contribution in [1.82, 2.24) is 0 Å². The van der Waals surface area contributed by atoms with Crippen molar-refractivity contribution in [2.45, 2.75) is 0 Å². The van der Waals surface area contributed by atoms with Gasteiger partial charge in [-0.3, -0.25) is 4.79 Å². The average Bonchev–Trinajstić information content (AvgIpc) is 2.59. The lowest BCUT2D eigenvalue weighted by Gasteiger charge is -2.18. The molecule has 0 amide bonds. The Balaban J connectivity index is 1.77. The zero-order valence-electron chi connectivity index (χ0n) is 12.5. The third-order valence-electron chi connectivity index (χ3n) is 3.43. The number of hydrogen-bond acceptors (Lipinski definition) is 4. The standard InChI is InChI=1S/C18H15FO4/c1-21-16-7-4-13(11-14(16)19)15(20)5-2-12-3-6-17-18(10-12)23-9-8-22-17/h2-7,10-11H,8-9H2,1H3/b5-2+. The van der Waals surface area contributed by atoms with E-state index in [0.717, 1.165) is 11.6 Å². The summed E-state index contributed by atoms with van der Waals surface area (Å²) in [7, 11) is 1.38. The van der Waals surface area contributed by atoms with Crippen molar-refractivity contribution >= 4 is 11.9 Å². The maximum Gasteiger partial charge on any atom is 0.185 e. The zero-order chi connectivity index (χ0) is 16.2. The van der Waals surface area contributed by atoms with Gasteiger partial charge in [-0.05, 0) is 42.0 Å². The average molecular weight is 314 g/mol. The number of hydrogen-bond donors (Lipinski definition) is 0. The van der Waals surface area contributed by atoms with Gasteiger partial charge < -0.3 is 14.2 Å². The molecule has 23 heavy (non-hydrogen) atoms. The van der Waals surface area contributed by atoms with Crippen LogP contribution in [0.2, 0.25) is 0 Å². The van der Waals surface area contributed by atoms with Gasteiger partial charge in [0.15, 0.2) is 28.8 Å². The van der Waals surface area contributed by atoms with Crippen molar-refractivity contribution in [3.63, 3.8) is 0 Å². The zero-order valence-corrected chi connectivity index (χ0v) is 12.5. The van der Waals surface area contributed by atoms with E-state index in [-0.39, 0.29) is 17.1 Å². The van der Waals surface area contributed by atoms with Crippen LogP contribution < -0.4 is 14.2 Å². The number of methoxy groups -OCH3 is 1. The van der Waals surface area contributed by atoms with Crippen LogP contribution in [0.25, 0.3) is 6.08 Å². The van der Waals surface area contributed by atoms with Crippen LogP contribution in [0.5, 0.6) is 17.2 Å². The van der Waals surface area contributed by atoms with Crippen LogP contribution in [0.15, 0.2) is 42.5 Å². The fourth-order valence-electron chi connectivity index (χ4n) is 2.25. The minimum Gasteiger partial charge on any atom is -0.494 e. The van der Waals surface area contributed by atoms with Gasteiger partial charge >= 0.3 is 0 Å². The summed E-state index contributed by atoms with van der Waals surface area (Å²) in [4.78, 5) is 12.1. The Morgan fingerprint density at radius 3 is 2.65 bits per heavy atom. The van der Waals surface area contributed by atoms with Crippen LogP contribution >= 0.6 is 0 Å². The molecule has 0 radical (unpaired) electrons. The van der Waals surface area contributed by atoms with E-state index in [2.05, 4.69) is 0 Å². The van der Waals surface area contributed by atoms with Crippen molar-refractivity contribution in [3.8, 4) is 17.2 Å². The summed E-state index contributed by atoms with van der Waals surface area (Å²) in [6, 6.07) is 9.54. The van der Waals surface area contributed by atoms with E-state index >= 15 is 0 Å². The molecule has 0 saturated heterocycles. The van der Waals surface area contributed by atoms with E-state index in [0.29, 0.717) is 24.7 Å². The first-order chi connectivity index (χ1) is 11.2. The lowest BCUT2D eigenvalue weighted by Crippen LogP contribution is -2.15. The van der Waals surface area contributed by atoms with Crippen LogP contribution in [-0.4, -0.2) is 26.1 Å². The van der Waals surface area contributed by atoms with Crippen molar-refractivity contribution in [2.24, 2.45) is 0 Å². The molecule has 3 rings (SSSR count). The predicted molar refractivity (Wildman–Crippen MR) is 83.7 cm³/mol. The second-order valence-electron chi connectivity index (χ2n) is 4.95. The number of carbonyl (C=O) groups excluding carboxylic acids is 1. The Morgan fingerprint density at radius 1 is 1.13 bits per heavy atom. The van der Waals surface area contributed by atoms with Crippen molar-refractivity contribution in [1.29, 1.82) is 0 Å². The van der Waals surface area contributed by atoms with Crippen LogP contribution in [0.3, 0.4) is 0 Å². The number of allylic oxidation sites excluding steroid dienone is 1. The fraction of sp³-hybridized carbons (Fsp3) is 0.167. The van der Waals surface area contributed by atoms with Gasteiger partial charge in [-0.2, -0.15) is 0 Å². The lowest BCUT2D eigenvalue weighted by atomic mass is 10.1. The first kappa shape index (κ1) is 15.1. The fourth-order valence-corrected chi connectivity index (χ4v) is 2.25. The first-order valence-corrected chi connectivity index (χ1v) is 7.13. The van der Waals surface area contributed by atoms with Gasteiger partial charge in [-0.15, -0.1) is 0 Å². The molecule has 2 aromatic carbocycles. The van der Waals surface area contributed by atoms with Crippen LogP contribution in [0, 0.1) is 5.82 Å². The molecule has 4 nitrogen and oxygen atoms in total. The Kier molecular flexibility index (Phi) is 4.28. The normalized spacial score (nSPS) is 13.1. The molecule has 0 spiro atoms. The maximum atomic E-state index is 13.6. The van der Waals surface area contributed by atoms with Crippen LogP contribution in [0.1, 0.15) is 15.9 Å². The summed E-state index contributed by atoms with van der Waals surface area (Å²) in [5.74, 6) is 0.600. The maximum absolute atomic E-state index is 13.6. The molecule has 0 unspecified atom stereocenters. The molecule has 0 bridgehead atoms. The Bertz CT molecular complexity index is 768. The molecule has 0 fully saturated rings. The highest BCUT2D eigenvalue weighted by Crippen LogP contribution is 2.31. The van der Waals surface area contributed by atoms with E-state index in [4.69, 9.17) is 14.2 Å². The van der Waals surface area contributed by atoms with Crippen LogP contribution in [0.4, 0.5) is 4.39 Å². The monoisotopic (exact) mass is 314 g/mol. The van der Waals surface area contributed by atoms with Gasteiger partial charge in [-0.1, -0.05) is 12.1 Å². The van der Waals surface area contributed by atoms with E-state index in [1.165, 1.54) is 25.3 Å². The summed E-state index contributed by atoms with van der Waals surface area (Å²) < 4.78 is 29.4. The minimum absolute atomic E-state index is 0.109. The molecule has 5 heteroatoms. The first-order valence-electron chi connectivity index (χ1n) is 7.13. The third-order valence-corrected chi connectivity index (χ3v) is 3.43. The highest BCUT2D eigenvalue weighted by molar-refractivity contribution is 6.06. The molecule has 0 atom stereocenters. The largest absolute Gasteiger partial charge is 0.494 e. The molecule has 1 aliphatic heterocycles. The molecule has 0 aromatic heterocycles. The van der Waals surface area contributed by atoms with E-state index < -0.39 is 5.82 Å². The topological polar surface area (TPSA) is 44.8 Å². The molecule has 0 N–H and O–H groups in total. The highest BCUT2D eigenvalue weighted by Gasteiger charge is 2.11. The molecular weight excluding hydrogens is 299 g/mol. The number of benzene rings is 2. The van der Waals surface area contributed by atoms with E-state index in [1.54, 1.807) is 18.2 Å². The van der Waals surface area contributed by atoms with Crippen molar-refractivity contribution in [2.75, 3.05) is 20.3 Å². The quantitative estimate of drug-likeness (QED) is 0.640. The third kappa shape index (κ3) is 3.34. The number of fused-ring (bicyclic) bond motifs is 1. The lowest BCUT2D eigenvalue weighted by molar-refractivity contribution is 0.104. The molecule has 1 heterocycles. The molecule has 2 aromatic rings. The number of ether oxygens (including phenoxy) is 3. The van der Waals surface area contributed by atoms with Gasteiger partial charge in [-0.25, -0.2) is 4.39 Å². The van der Waals surface area contributed by atoms with E-state index in [1.807, 2.05) is 6.07 Å². The Morgan fingerprint density at radius 2 is 1.91 bits per heavy atom. The molecule has 1 aliphatic rings. The molecular formula is C18H15FO4. The van der Waals surface area contributed by atoms with Crippen molar-refractivity contribution < 1.29 is 23.4 Å². The van der Waals surface area contributed by atoms with E-state index in [9.17, 15) is 9.18 Å². The second kappa shape index (κ2) is 6.52. The predicted octanol–water partition coefficient (Wildman–Crippen LogP) is 3.50. The van der Waals surface area contributed by atoms with Crippen LogP contribution in [-0.2, 0) is 0 Å². The Hall–Kier alpha value is -2.82. The smallest absolute Gasteiger partial charge is 0.185 e. The number of carbonyl (C=O) groups is 1. The molecule has 0 saturated carbocycles. The number of halogens is 1. The summed E-state index contributed by atoms with van der Waals surface area (Å²) >= 11 is 0. The number of ketones is 1. The van der Waals surface area contributed by atoms with Gasteiger partial charge in [0, 0.05) is 5.56 Å². The summed E-state index contributed by atoms with van der Waals surface area (Å²) in [6.07, 6.45) is 3.05. The van der Waals surface area contributed by atoms with Gasteiger partial charge in [0.05, 0.1) is 7.11 Å². The minimum atomic E-state index is -0.564. The van der Waals surface area contributed by atoms with Gasteiger partial charge in [0.25, 0.3) is 0 Å². The SMILES string of the molecule is COc1ccc(C(=O)/C=C/c2ccc3c(c2)OCCO3)cc1F. The molecule has 118 valence electrons. The van der Waals surface area contributed by atoms with Gasteiger partial charge in [0.2, 0.25) is 0 Å². The Labute approximate surface area is 133 Å². The second-order valence-corrected chi connectivity index (χ2v) is 4.95. The summed E-state index contributed by atoms with van der Waals surface area (Å²) in [5, 5.41) is 0. The molecule has 0 aliphatic carbocycles. The highest BCUT2D eigenvalue weighted by atomic mass is 19.1. The van der Waals surface area contributed by atoms with Gasteiger partial charge in [0.1, 0.15) is 13.2 Å². The number of rotatable bonds is 4.